The highest BCUT2D eigenvalue weighted by molar-refractivity contribution is 5.33. The van der Waals surface area contributed by atoms with Gasteiger partial charge in [0.2, 0.25) is 0 Å². The molecule has 2 atom stereocenters. The maximum absolute atomic E-state index is 8.88. The molecule has 1 aromatic carbocycles. The van der Waals surface area contributed by atoms with Crippen LogP contribution in [0.5, 0.6) is 5.75 Å². The van der Waals surface area contributed by atoms with Crippen molar-refractivity contribution in [2.75, 3.05) is 26.3 Å². The van der Waals surface area contributed by atoms with Gasteiger partial charge in [-0.1, -0.05) is 31.5 Å². The molecular formula is C16H26N2O2. The summed E-state index contributed by atoms with van der Waals surface area (Å²) < 4.78 is 5.59. The van der Waals surface area contributed by atoms with E-state index in [4.69, 9.17) is 15.6 Å². The second-order valence-electron chi connectivity index (χ2n) is 5.59. The molecule has 20 heavy (non-hydrogen) atoms. The molecule has 1 fully saturated rings. The molecule has 0 radical (unpaired) electrons. The maximum atomic E-state index is 8.88. The van der Waals surface area contributed by atoms with Crippen LogP contribution in [0.4, 0.5) is 0 Å². The lowest BCUT2D eigenvalue weighted by Crippen LogP contribution is -2.29. The van der Waals surface area contributed by atoms with Crippen molar-refractivity contribution in [1.29, 1.82) is 0 Å². The van der Waals surface area contributed by atoms with Gasteiger partial charge in [0.05, 0.1) is 6.61 Å². The Morgan fingerprint density at radius 1 is 1.35 bits per heavy atom. The van der Waals surface area contributed by atoms with E-state index in [0.717, 1.165) is 25.4 Å². The van der Waals surface area contributed by atoms with Crippen LogP contribution in [0.15, 0.2) is 24.3 Å². The normalized spacial score (nSPS) is 23.1. The number of hydrogen-bond acceptors (Lipinski definition) is 4. The van der Waals surface area contributed by atoms with Crippen LogP contribution in [0.25, 0.3) is 0 Å². The summed E-state index contributed by atoms with van der Waals surface area (Å²) in [7, 11) is 0. The van der Waals surface area contributed by atoms with Gasteiger partial charge in [0, 0.05) is 31.2 Å². The third kappa shape index (κ3) is 3.95. The number of likely N-dealkylation sites (tertiary alicyclic amines) is 1. The summed E-state index contributed by atoms with van der Waals surface area (Å²) in [6.07, 6.45) is 2.41. The van der Waals surface area contributed by atoms with Gasteiger partial charge < -0.3 is 15.6 Å². The smallest absolute Gasteiger partial charge is 0.123 e. The fourth-order valence-electron chi connectivity index (χ4n) is 2.97. The number of nitrogens with zero attached hydrogens (tertiary/aromatic N) is 1. The minimum absolute atomic E-state index is 0.0432. The molecule has 1 aliphatic rings. The van der Waals surface area contributed by atoms with Crippen molar-refractivity contribution in [2.24, 2.45) is 11.7 Å². The van der Waals surface area contributed by atoms with Gasteiger partial charge >= 0.3 is 0 Å². The van der Waals surface area contributed by atoms with Crippen molar-refractivity contribution in [2.45, 2.75) is 32.4 Å². The Labute approximate surface area is 121 Å². The Hall–Kier alpha value is -1.10. The number of aliphatic hydroxyl groups is 1. The van der Waals surface area contributed by atoms with E-state index < -0.39 is 0 Å². The van der Waals surface area contributed by atoms with Crippen molar-refractivity contribution >= 4 is 0 Å². The summed E-state index contributed by atoms with van der Waals surface area (Å²) in [6.45, 7) is 5.50. The summed E-state index contributed by atoms with van der Waals surface area (Å²) in [5, 5.41) is 8.88. The lowest BCUT2D eigenvalue weighted by atomic mass is 9.99. The molecule has 112 valence electrons. The average molecular weight is 278 g/mol. The SMILES string of the molecule is CCC[C@H]1CN(Cc2ccccc2OCCO)C[C@@H]1N. The molecule has 1 saturated heterocycles. The first-order chi connectivity index (χ1) is 9.74. The Balaban J connectivity index is 1.96. The number of rotatable bonds is 7. The molecule has 4 nitrogen and oxygen atoms in total. The van der Waals surface area contributed by atoms with Crippen LogP contribution in [-0.2, 0) is 6.54 Å². The van der Waals surface area contributed by atoms with Gasteiger partial charge in [0.25, 0.3) is 0 Å². The minimum atomic E-state index is 0.0432. The van der Waals surface area contributed by atoms with Gasteiger partial charge in [-0.25, -0.2) is 0 Å². The van der Waals surface area contributed by atoms with Crippen molar-refractivity contribution in [3.8, 4) is 5.75 Å². The van der Waals surface area contributed by atoms with E-state index in [1.54, 1.807) is 0 Å². The van der Waals surface area contributed by atoms with Gasteiger partial charge in [-0.15, -0.1) is 0 Å². The van der Waals surface area contributed by atoms with Crippen molar-refractivity contribution in [1.82, 2.24) is 4.90 Å². The molecule has 2 rings (SSSR count). The third-order valence-electron chi connectivity index (χ3n) is 3.94. The van der Waals surface area contributed by atoms with Crippen LogP contribution < -0.4 is 10.5 Å². The summed E-state index contributed by atoms with van der Waals surface area (Å²) in [6, 6.07) is 8.34. The number of ether oxygens (including phenoxy) is 1. The Morgan fingerprint density at radius 3 is 2.90 bits per heavy atom. The van der Waals surface area contributed by atoms with Gasteiger partial charge in [0.1, 0.15) is 12.4 Å². The largest absolute Gasteiger partial charge is 0.491 e. The molecule has 0 aromatic heterocycles. The zero-order valence-corrected chi connectivity index (χ0v) is 12.3. The first-order valence-corrected chi connectivity index (χ1v) is 7.54. The Kier molecular flexibility index (Phi) is 5.83. The van der Waals surface area contributed by atoms with Gasteiger partial charge in [-0.2, -0.15) is 0 Å². The number of aliphatic hydroxyl groups excluding tert-OH is 1. The van der Waals surface area contributed by atoms with E-state index in [9.17, 15) is 0 Å². The van der Waals surface area contributed by atoms with E-state index in [1.165, 1.54) is 18.4 Å². The molecule has 1 heterocycles. The predicted octanol–water partition coefficient (Wildman–Crippen LogP) is 1.62. The molecule has 0 saturated carbocycles. The van der Waals surface area contributed by atoms with E-state index in [1.807, 2.05) is 18.2 Å². The van der Waals surface area contributed by atoms with Crippen LogP contribution in [0, 0.1) is 5.92 Å². The summed E-state index contributed by atoms with van der Waals surface area (Å²) in [4.78, 5) is 2.41. The second kappa shape index (κ2) is 7.62. The third-order valence-corrected chi connectivity index (χ3v) is 3.94. The molecule has 4 heteroatoms. The topological polar surface area (TPSA) is 58.7 Å². The zero-order valence-electron chi connectivity index (χ0n) is 12.3. The maximum Gasteiger partial charge on any atom is 0.123 e. The number of benzene rings is 1. The predicted molar refractivity (Wildman–Crippen MR) is 80.7 cm³/mol. The van der Waals surface area contributed by atoms with Crippen LogP contribution >= 0.6 is 0 Å². The molecule has 3 N–H and O–H groups in total. The molecule has 1 aliphatic heterocycles. The van der Waals surface area contributed by atoms with E-state index in [2.05, 4.69) is 17.9 Å². The highest BCUT2D eigenvalue weighted by Gasteiger charge is 2.29. The molecule has 0 bridgehead atoms. The van der Waals surface area contributed by atoms with Crippen molar-refractivity contribution in [3.05, 3.63) is 29.8 Å². The van der Waals surface area contributed by atoms with Crippen molar-refractivity contribution in [3.63, 3.8) is 0 Å². The van der Waals surface area contributed by atoms with Crippen LogP contribution in [0.1, 0.15) is 25.3 Å². The molecule has 0 amide bonds. The molecular weight excluding hydrogens is 252 g/mol. The van der Waals surface area contributed by atoms with Crippen LogP contribution in [0.3, 0.4) is 0 Å². The van der Waals surface area contributed by atoms with Crippen molar-refractivity contribution < 1.29 is 9.84 Å². The number of para-hydroxylation sites is 1. The molecule has 1 aromatic rings. The van der Waals surface area contributed by atoms with E-state index in [0.29, 0.717) is 18.6 Å². The van der Waals surface area contributed by atoms with E-state index in [-0.39, 0.29) is 6.61 Å². The first-order valence-electron chi connectivity index (χ1n) is 7.54. The van der Waals surface area contributed by atoms with Crippen LogP contribution in [0.2, 0.25) is 0 Å². The van der Waals surface area contributed by atoms with Gasteiger partial charge in [-0.05, 0) is 18.4 Å². The number of hydrogen-bond donors (Lipinski definition) is 2. The fraction of sp³-hybridized carbons (Fsp3) is 0.625. The fourth-order valence-corrected chi connectivity index (χ4v) is 2.97. The van der Waals surface area contributed by atoms with Crippen LogP contribution in [-0.4, -0.2) is 42.4 Å². The lowest BCUT2D eigenvalue weighted by Gasteiger charge is -2.18. The van der Waals surface area contributed by atoms with Gasteiger partial charge in [-0.3, -0.25) is 4.90 Å². The summed E-state index contributed by atoms with van der Waals surface area (Å²) in [5.41, 5.74) is 7.39. The molecule has 0 spiro atoms. The monoisotopic (exact) mass is 278 g/mol. The zero-order chi connectivity index (χ0) is 14.4. The standard InChI is InChI=1S/C16H26N2O2/c1-2-5-13-10-18(12-15(13)17)11-14-6-3-4-7-16(14)20-9-8-19/h3-4,6-7,13,15,19H,2,5,8-12,17H2,1H3/t13-,15-/m0/s1. The molecule has 0 aliphatic carbocycles. The number of nitrogens with two attached hydrogens (primary N) is 1. The lowest BCUT2D eigenvalue weighted by molar-refractivity contribution is 0.198. The van der Waals surface area contributed by atoms with Gasteiger partial charge in [0.15, 0.2) is 0 Å². The summed E-state index contributed by atoms with van der Waals surface area (Å²) in [5.74, 6) is 1.49. The second-order valence-corrected chi connectivity index (χ2v) is 5.59. The summed E-state index contributed by atoms with van der Waals surface area (Å²) >= 11 is 0. The average Bonchev–Trinajstić information content (AvgIpc) is 2.78. The van der Waals surface area contributed by atoms with E-state index >= 15 is 0 Å². The minimum Gasteiger partial charge on any atom is -0.491 e. The highest BCUT2D eigenvalue weighted by Crippen LogP contribution is 2.25. The molecule has 0 unspecified atom stereocenters. The quantitative estimate of drug-likeness (QED) is 0.795. The highest BCUT2D eigenvalue weighted by atomic mass is 16.5. The Bertz CT molecular complexity index is 411. The Morgan fingerprint density at radius 2 is 2.15 bits per heavy atom. The first kappa shape index (κ1) is 15.3.